The SMILES string of the molecule is CCCN(C1CC2CCC(C1)N2)C1C(C)CCCC1C. The Labute approximate surface area is 125 Å². The van der Waals surface area contributed by atoms with Gasteiger partial charge >= 0.3 is 0 Å². The van der Waals surface area contributed by atoms with Crippen molar-refractivity contribution in [1.82, 2.24) is 10.2 Å². The van der Waals surface area contributed by atoms with Crippen LogP contribution in [0.3, 0.4) is 0 Å². The van der Waals surface area contributed by atoms with Crippen LogP contribution in [0.25, 0.3) is 0 Å². The van der Waals surface area contributed by atoms with E-state index in [4.69, 9.17) is 0 Å². The zero-order valence-electron chi connectivity index (χ0n) is 13.8. The smallest absolute Gasteiger partial charge is 0.0149 e. The third-order valence-corrected chi connectivity index (χ3v) is 6.27. The van der Waals surface area contributed by atoms with Gasteiger partial charge in [0.1, 0.15) is 0 Å². The van der Waals surface area contributed by atoms with Gasteiger partial charge in [0, 0.05) is 24.2 Å². The molecule has 20 heavy (non-hydrogen) atoms. The molecule has 0 amide bonds. The van der Waals surface area contributed by atoms with E-state index < -0.39 is 0 Å². The molecule has 1 saturated carbocycles. The molecule has 0 spiro atoms. The normalized spacial score (nSPS) is 45.0. The summed E-state index contributed by atoms with van der Waals surface area (Å²) < 4.78 is 0. The Hall–Kier alpha value is -0.0800. The maximum atomic E-state index is 3.82. The van der Waals surface area contributed by atoms with Gasteiger partial charge in [-0.1, -0.05) is 27.2 Å². The first-order valence-corrected chi connectivity index (χ1v) is 9.20. The molecule has 2 aliphatic heterocycles. The molecule has 0 aromatic heterocycles. The fraction of sp³-hybridized carbons (Fsp3) is 1.00. The van der Waals surface area contributed by atoms with E-state index in [1.807, 2.05) is 0 Å². The molecule has 2 bridgehead atoms. The van der Waals surface area contributed by atoms with Gasteiger partial charge in [0.15, 0.2) is 0 Å². The van der Waals surface area contributed by atoms with E-state index in [9.17, 15) is 0 Å². The Morgan fingerprint density at radius 2 is 1.55 bits per heavy atom. The molecular formula is C18H34N2. The molecule has 2 heterocycles. The molecule has 4 atom stereocenters. The van der Waals surface area contributed by atoms with Crippen LogP contribution in [0.1, 0.15) is 72.1 Å². The maximum absolute atomic E-state index is 3.82. The average molecular weight is 278 g/mol. The summed E-state index contributed by atoms with van der Waals surface area (Å²) in [6.07, 6.45) is 11.3. The molecule has 0 aromatic carbocycles. The highest BCUT2D eigenvalue weighted by Gasteiger charge is 2.41. The third-order valence-electron chi connectivity index (χ3n) is 6.27. The average Bonchev–Trinajstić information content (AvgIpc) is 2.76. The quantitative estimate of drug-likeness (QED) is 0.841. The second-order valence-electron chi connectivity index (χ2n) is 7.88. The number of hydrogen-bond donors (Lipinski definition) is 1. The topological polar surface area (TPSA) is 15.3 Å². The molecule has 0 aromatic rings. The lowest BCUT2D eigenvalue weighted by atomic mass is 9.76. The fourth-order valence-corrected chi connectivity index (χ4v) is 5.45. The van der Waals surface area contributed by atoms with Gasteiger partial charge in [-0.25, -0.2) is 0 Å². The minimum absolute atomic E-state index is 0.826. The Kier molecular flexibility index (Phi) is 4.72. The number of hydrogen-bond acceptors (Lipinski definition) is 2. The molecule has 3 fully saturated rings. The predicted octanol–water partition coefficient (Wildman–Crippen LogP) is 3.81. The van der Waals surface area contributed by atoms with Crippen molar-refractivity contribution in [3.8, 4) is 0 Å². The van der Waals surface area contributed by atoms with Crippen LogP contribution in [0.15, 0.2) is 0 Å². The lowest BCUT2D eigenvalue weighted by Gasteiger charge is -2.48. The van der Waals surface area contributed by atoms with E-state index in [1.165, 1.54) is 57.9 Å². The van der Waals surface area contributed by atoms with Crippen LogP contribution >= 0.6 is 0 Å². The first-order chi connectivity index (χ1) is 9.69. The molecular weight excluding hydrogens is 244 g/mol. The Morgan fingerprint density at radius 1 is 0.950 bits per heavy atom. The van der Waals surface area contributed by atoms with Gasteiger partial charge in [0.25, 0.3) is 0 Å². The van der Waals surface area contributed by atoms with Gasteiger partial charge in [-0.05, 0) is 63.3 Å². The summed E-state index contributed by atoms with van der Waals surface area (Å²) in [6.45, 7) is 8.71. The number of nitrogens with one attached hydrogen (secondary N) is 1. The monoisotopic (exact) mass is 278 g/mol. The van der Waals surface area contributed by atoms with Crippen molar-refractivity contribution in [1.29, 1.82) is 0 Å². The van der Waals surface area contributed by atoms with E-state index in [2.05, 4.69) is 31.0 Å². The predicted molar refractivity (Wildman–Crippen MR) is 85.9 cm³/mol. The highest BCUT2D eigenvalue weighted by atomic mass is 15.2. The first kappa shape index (κ1) is 14.8. The Balaban J connectivity index is 1.73. The summed E-state index contributed by atoms with van der Waals surface area (Å²) >= 11 is 0. The van der Waals surface area contributed by atoms with Crippen LogP contribution in [0.4, 0.5) is 0 Å². The van der Waals surface area contributed by atoms with E-state index in [0.29, 0.717) is 0 Å². The van der Waals surface area contributed by atoms with Crippen LogP contribution in [-0.4, -0.2) is 35.6 Å². The summed E-state index contributed by atoms with van der Waals surface area (Å²) in [6, 6.07) is 3.37. The van der Waals surface area contributed by atoms with E-state index in [1.54, 1.807) is 0 Å². The van der Waals surface area contributed by atoms with Gasteiger partial charge < -0.3 is 5.32 Å². The standard InChI is InChI=1S/C18H34N2/c1-4-10-20(18-13(2)6-5-7-14(18)3)17-11-15-8-9-16(12-17)19-15/h13-19H,4-12H2,1-3H3. The van der Waals surface area contributed by atoms with Crippen molar-refractivity contribution < 1.29 is 0 Å². The van der Waals surface area contributed by atoms with E-state index >= 15 is 0 Å². The Morgan fingerprint density at radius 3 is 2.10 bits per heavy atom. The zero-order valence-corrected chi connectivity index (χ0v) is 13.8. The maximum Gasteiger partial charge on any atom is 0.0149 e. The number of fused-ring (bicyclic) bond motifs is 2. The van der Waals surface area contributed by atoms with Gasteiger partial charge in [-0.15, -0.1) is 0 Å². The molecule has 2 heteroatoms. The molecule has 3 aliphatic rings. The molecule has 116 valence electrons. The van der Waals surface area contributed by atoms with Crippen LogP contribution in [0.5, 0.6) is 0 Å². The number of nitrogens with zero attached hydrogens (tertiary/aromatic N) is 1. The molecule has 2 nitrogen and oxygen atoms in total. The van der Waals surface area contributed by atoms with Gasteiger partial charge in [0.05, 0.1) is 0 Å². The number of piperidine rings is 1. The highest BCUT2D eigenvalue weighted by Crippen LogP contribution is 2.38. The number of rotatable bonds is 4. The first-order valence-electron chi connectivity index (χ1n) is 9.20. The summed E-state index contributed by atoms with van der Waals surface area (Å²) in [5.41, 5.74) is 0. The summed E-state index contributed by atoms with van der Waals surface area (Å²) in [5.74, 6) is 1.80. The summed E-state index contributed by atoms with van der Waals surface area (Å²) in [4.78, 5) is 2.96. The van der Waals surface area contributed by atoms with Gasteiger partial charge in [-0.2, -0.15) is 0 Å². The van der Waals surface area contributed by atoms with Gasteiger partial charge in [0.2, 0.25) is 0 Å². The van der Waals surface area contributed by atoms with Gasteiger partial charge in [-0.3, -0.25) is 4.90 Å². The van der Waals surface area contributed by atoms with Crippen molar-refractivity contribution in [2.45, 2.75) is 96.3 Å². The Bertz CT molecular complexity index is 295. The fourth-order valence-electron chi connectivity index (χ4n) is 5.45. The van der Waals surface area contributed by atoms with Crippen molar-refractivity contribution >= 4 is 0 Å². The lowest BCUT2D eigenvalue weighted by molar-refractivity contribution is 0.0164. The van der Waals surface area contributed by atoms with Crippen molar-refractivity contribution in [2.75, 3.05) is 6.54 Å². The molecule has 4 unspecified atom stereocenters. The molecule has 0 radical (unpaired) electrons. The van der Waals surface area contributed by atoms with Crippen molar-refractivity contribution in [3.05, 3.63) is 0 Å². The summed E-state index contributed by atoms with van der Waals surface area (Å²) in [7, 11) is 0. The van der Waals surface area contributed by atoms with Crippen molar-refractivity contribution in [3.63, 3.8) is 0 Å². The second-order valence-corrected chi connectivity index (χ2v) is 7.88. The van der Waals surface area contributed by atoms with Crippen LogP contribution < -0.4 is 5.32 Å². The molecule has 1 N–H and O–H groups in total. The highest BCUT2D eigenvalue weighted by molar-refractivity contribution is 4.98. The van der Waals surface area contributed by atoms with Crippen molar-refractivity contribution in [2.24, 2.45) is 11.8 Å². The summed E-state index contributed by atoms with van der Waals surface area (Å²) in [5, 5.41) is 3.82. The molecule has 1 aliphatic carbocycles. The lowest BCUT2D eigenvalue weighted by Crippen LogP contribution is -2.55. The van der Waals surface area contributed by atoms with Crippen LogP contribution in [0, 0.1) is 11.8 Å². The largest absolute Gasteiger partial charge is 0.311 e. The van der Waals surface area contributed by atoms with Crippen LogP contribution in [-0.2, 0) is 0 Å². The minimum atomic E-state index is 0.826. The third kappa shape index (κ3) is 2.92. The zero-order chi connectivity index (χ0) is 14.1. The van der Waals surface area contributed by atoms with E-state index in [0.717, 1.165) is 36.0 Å². The second kappa shape index (κ2) is 6.36. The molecule has 2 saturated heterocycles. The van der Waals surface area contributed by atoms with E-state index in [-0.39, 0.29) is 0 Å². The minimum Gasteiger partial charge on any atom is -0.311 e. The van der Waals surface area contributed by atoms with Crippen LogP contribution in [0.2, 0.25) is 0 Å². The molecule has 3 rings (SSSR count).